The maximum absolute atomic E-state index is 13.3. The minimum absolute atomic E-state index is 0.000454. The highest BCUT2D eigenvalue weighted by molar-refractivity contribution is 7.82. The van der Waals surface area contributed by atoms with Gasteiger partial charge in [-0.3, -0.25) is 14.4 Å². The summed E-state index contributed by atoms with van der Waals surface area (Å²) in [6.07, 6.45) is 2.35. The van der Waals surface area contributed by atoms with Gasteiger partial charge in [-0.15, -0.1) is 11.3 Å². The minimum Gasteiger partial charge on any atom is -0.367 e. The summed E-state index contributed by atoms with van der Waals surface area (Å²) < 4.78 is 13.3. The molecule has 4 rings (SSSR count). The van der Waals surface area contributed by atoms with Crippen LogP contribution in [0.3, 0.4) is 0 Å². The summed E-state index contributed by atoms with van der Waals surface area (Å²) in [5.41, 5.74) is 0.963. The van der Waals surface area contributed by atoms with Gasteiger partial charge in [0.05, 0.1) is 16.7 Å². The van der Waals surface area contributed by atoms with E-state index in [0.29, 0.717) is 29.3 Å². The lowest BCUT2D eigenvalue weighted by Gasteiger charge is -2.37. The largest absolute Gasteiger partial charge is 0.367 e. The number of hydrogen-bond acceptors (Lipinski definition) is 8. The predicted octanol–water partition coefficient (Wildman–Crippen LogP) is 2.24. The number of rotatable bonds is 5. The maximum atomic E-state index is 13.3. The second-order valence-corrected chi connectivity index (χ2v) is 11.9. The Morgan fingerprint density at radius 3 is 2.64 bits per heavy atom. The number of thiocarbonyl (C=S) groups is 1. The average molecular weight is 553 g/mol. The summed E-state index contributed by atoms with van der Waals surface area (Å²) in [6.45, 7) is 1.67. The molecule has 2 aliphatic rings. The summed E-state index contributed by atoms with van der Waals surface area (Å²) in [5, 5.41) is 9.03. The van der Waals surface area contributed by atoms with E-state index >= 15 is 0 Å². The zero-order valence-electron chi connectivity index (χ0n) is 20.3. The monoisotopic (exact) mass is 552 g/mol. The van der Waals surface area contributed by atoms with Crippen molar-refractivity contribution in [2.75, 3.05) is 33.0 Å². The number of thiophene rings is 1. The Kier molecular flexibility index (Phi) is 8.33. The van der Waals surface area contributed by atoms with Crippen LogP contribution >= 0.6 is 34.9 Å². The van der Waals surface area contributed by atoms with E-state index in [9.17, 15) is 18.8 Å². The van der Waals surface area contributed by atoms with Gasteiger partial charge in [0.15, 0.2) is 15.1 Å². The molecular formula is C23H29FN6O3S3. The van der Waals surface area contributed by atoms with Gasteiger partial charge in [-0.05, 0) is 38.4 Å². The second-order valence-electron chi connectivity index (χ2n) is 9.34. The average Bonchev–Trinajstić information content (AvgIpc) is 3.44. The van der Waals surface area contributed by atoms with Crippen LogP contribution in [-0.2, 0) is 22.6 Å². The number of halogens is 1. The molecule has 1 fully saturated rings. The molecule has 0 saturated heterocycles. The number of amides is 3. The fourth-order valence-corrected chi connectivity index (χ4v) is 6.45. The lowest BCUT2D eigenvalue weighted by Crippen LogP contribution is -2.56. The highest BCUT2D eigenvalue weighted by atomic mass is 32.1. The van der Waals surface area contributed by atoms with E-state index in [1.165, 1.54) is 23.5 Å². The number of likely N-dealkylation sites (N-methyl/N-ethyl adjacent to an activating group) is 1. The zero-order valence-corrected chi connectivity index (χ0v) is 22.7. The van der Waals surface area contributed by atoms with Crippen LogP contribution < -0.4 is 16.0 Å². The van der Waals surface area contributed by atoms with Crippen molar-refractivity contribution in [1.29, 1.82) is 0 Å². The third-order valence-corrected chi connectivity index (χ3v) is 8.58. The standard InChI is InChI=1S/C23H29FN6O3S3/c1-29(2)23(33)12-4-5-13(26-21(34)19(31)28-18-7-6-17(24)36-18)15(10-12)25-20(32)22-27-14-8-9-30(3)11-16(14)35-22/h6-7,12-13,15H,4-5,8-11H2,1-3H3,(H,25,32)(H,26,34)(H,28,31)/t12-,13-,15+/m0/s1. The van der Waals surface area contributed by atoms with Crippen molar-refractivity contribution < 1.29 is 18.8 Å². The Balaban J connectivity index is 1.46. The van der Waals surface area contributed by atoms with Gasteiger partial charge in [0.1, 0.15) is 0 Å². The molecule has 0 unspecified atom stereocenters. The third kappa shape index (κ3) is 6.25. The first-order valence-corrected chi connectivity index (χ1v) is 13.7. The van der Waals surface area contributed by atoms with Crippen LogP contribution in [0.15, 0.2) is 12.1 Å². The van der Waals surface area contributed by atoms with Crippen LogP contribution in [0.5, 0.6) is 0 Å². The molecule has 0 bridgehead atoms. The number of carbonyl (C=O) groups is 3. The quantitative estimate of drug-likeness (QED) is 0.489. The molecule has 9 nitrogen and oxygen atoms in total. The lowest BCUT2D eigenvalue weighted by atomic mass is 9.81. The first-order chi connectivity index (χ1) is 17.1. The molecule has 1 aliphatic carbocycles. The van der Waals surface area contributed by atoms with Crippen molar-refractivity contribution in [2.45, 2.75) is 44.3 Å². The van der Waals surface area contributed by atoms with Gasteiger partial charge in [0.2, 0.25) is 5.91 Å². The summed E-state index contributed by atoms with van der Waals surface area (Å²) in [7, 11) is 5.46. The molecule has 3 atom stereocenters. The van der Waals surface area contributed by atoms with E-state index in [1.54, 1.807) is 19.0 Å². The summed E-state index contributed by atoms with van der Waals surface area (Å²) >= 11 is 7.50. The Hall–Kier alpha value is -2.48. The number of carbonyl (C=O) groups excluding carboxylic acids is 3. The van der Waals surface area contributed by atoms with Crippen LogP contribution in [-0.4, -0.2) is 77.3 Å². The van der Waals surface area contributed by atoms with Crippen LogP contribution in [0, 0.1) is 11.0 Å². The number of aromatic nitrogens is 1. The highest BCUT2D eigenvalue weighted by Crippen LogP contribution is 2.28. The molecule has 36 heavy (non-hydrogen) atoms. The van der Waals surface area contributed by atoms with Crippen LogP contribution in [0.25, 0.3) is 0 Å². The number of fused-ring (bicyclic) bond motifs is 1. The molecule has 0 spiro atoms. The molecule has 13 heteroatoms. The molecule has 0 radical (unpaired) electrons. The Bertz CT molecular complexity index is 1170. The molecule has 1 saturated carbocycles. The van der Waals surface area contributed by atoms with Gasteiger partial charge in [-0.2, -0.15) is 4.39 Å². The SMILES string of the molecule is CN1CCc2nc(C(=O)N[C@@H]3C[C@@H](C(=O)N(C)C)CC[C@@H]3NC(=S)C(=O)Nc3ccc(F)s3)sc2C1. The van der Waals surface area contributed by atoms with E-state index < -0.39 is 17.1 Å². The highest BCUT2D eigenvalue weighted by Gasteiger charge is 2.37. The van der Waals surface area contributed by atoms with Gasteiger partial charge >= 0.3 is 0 Å². The van der Waals surface area contributed by atoms with E-state index in [4.69, 9.17) is 12.2 Å². The number of hydrogen-bond donors (Lipinski definition) is 3. The Morgan fingerprint density at radius 2 is 1.94 bits per heavy atom. The van der Waals surface area contributed by atoms with Gasteiger partial charge < -0.3 is 25.8 Å². The smallest absolute Gasteiger partial charge is 0.283 e. The molecule has 3 N–H and O–H groups in total. The lowest BCUT2D eigenvalue weighted by molar-refractivity contribution is -0.134. The van der Waals surface area contributed by atoms with Gasteiger partial charge in [0.25, 0.3) is 11.8 Å². The molecule has 3 amide bonds. The van der Waals surface area contributed by atoms with Crippen molar-refractivity contribution >= 4 is 62.6 Å². The Morgan fingerprint density at radius 1 is 1.17 bits per heavy atom. The summed E-state index contributed by atoms with van der Waals surface area (Å²) in [4.78, 5) is 47.7. The number of thiazole rings is 1. The minimum atomic E-state index is -0.555. The van der Waals surface area contributed by atoms with Crippen LogP contribution in [0.4, 0.5) is 9.39 Å². The molecule has 2 aromatic heterocycles. The second kappa shape index (κ2) is 11.3. The molecule has 194 valence electrons. The fraction of sp³-hybridized carbons (Fsp3) is 0.522. The van der Waals surface area contributed by atoms with Crippen molar-refractivity contribution in [3.63, 3.8) is 0 Å². The van der Waals surface area contributed by atoms with E-state index in [0.717, 1.165) is 41.4 Å². The molecule has 2 aromatic rings. The fourth-order valence-electron chi connectivity index (χ4n) is 4.53. The van der Waals surface area contributed by atoms with Crippen molar-refractivity contribution in [3.05, 3.63) is 32.8 Å². The van der Waals surface area contributed by atoms with Crippen molar-refractivity contribution in [3.8, 4) is 0 Å². The first kappa shape index (κ1) is 26.6. The maximum Gasteiger partial charge on any atom is 0.283 e. The third-order valence-electron chi connectivity index (χ3n) is 6.41. The van der Waals surface area contributed by atoms with E-state index in [-0.39, 0.29) is 28.8 Å². The first-order valence-electron chi connectivity index (χ1n) is 11.7. The van der Waals surface area contributed by atoms with Gasteiger partial charge in [-0.25, -0.2) is 4.98 Å². The Labute approximate surface area is 222 Å². The normalized spacial score (nSPS) is 21.8. The van der Waals surface area contributed by atoms with Crippen LogP contribution in [0.2, 0.25) is 0 Å². The van der Waals surface area contributed by atoms with Crippen molar-refractivity contribution in [2.24, 2.45) is 5.92 Å². The summed E-state index contributed by atoms with van der Waals surface area (Å²) in [6, 6.07) is 1.94. The number of nitrogens with one attached hydrogen (secondary N) is 3. The molecule has 0 aromatic carbocycles. The molecule has 1 aliphatic heterocycles. The van der Waals surface area contributed by atoms with E-state index in [2.05, 4.69) is 25.8 Å². The van der Waals surface area contributed by atoms with Crippen molar-refractivity contribution in [1.82, 2.24) is 25.4 Å². The van der Waals surface area contributed by atoms with Crippen LogP contribution in [0.1, 0.15) is 39.6 Å². The van der Waals surface area contributed by atoms with Gasteiger partial charge in [-0.1, -0.05) is 23.6 Å². The number of nitrogens with zero attached hydrogens (tertiary/aromatic N) is 3. The van der Waals surface area contributed by atoms with Gasteiger partial charge in [0, 0.05) is 50.4 Å². The summed E-state index contributed by atoms with van der Waals surface area (Å²) in [5.74, 6) is -1.10. The molecule has 3 heterocycles. The number of anilines is 1. The predicted molar refractivity (Wildman–Crippen MR) is 142 cm³/mol. The van der Waals surface area contributed by atoms with E-state index in [1.807, 2.05) is 7.05 Å². The zero-order chi connectivity index (χ0) is 26.0. The molecular weight excluding hydrogens is 523 g/mol. The topological polar surface area (TPSA) is 107 Å².